The minimum atomic E-state index is -3.34. The molecule has 1 amide bonds. The monoisotopic (exact) mass is 390 g/mol. The minimum absolute atomic E-state index is 0.170. The van der Waals surface area contributed by atoms with Crippen LogP contribution < -0.4 is 14.4 Å². The molecule has 0 aliphatic rings. The Morgan fingerprint density at radius 1 is 1.07 bits per heavy atom. The van der Waals surface area contributed by atoms with Crippen LogP contribution in [0.5, 0.6) is 5.75 Å². The van der Waals surface area contributed by atoms with Gasteiger partial charge in [0.25, 0.3) is 5.91 Å². The van der Waals surface area contributed by atoms with Gasteiger partial charge in [0.05, 0.1) is 24.6 Å². The number of carbonyl (C=O) groups excluding carboxylic acids is 1. The molecule has 0 aliphatic heterocycles. The molecular weight excluding hydrogens is 364 g/mol. The lowest BCUT2D eigenvalue weighted by Gasteiger charge is -2.20. The lowest BCUT2D eigenvalue weighted by Crippen LogP contribution is -2.29. The van der Waals surface area contributed by atoms with Crippen molar-refractivity contribution in [3.8, 4) is 5.75 Å². The quantitative estimate of drug-likeness (QED) is 0.750. The molecule has 27 heavy (non-hydrogen) atoms. The summed E-state index contributed by atoms with van der Waals surface area (Å²) in [5, 5.41) is 2.95. The van der Waals surface area contributed by atoms with Gasteiger partial charge in [-0.25, -0.2) is 8.42 Å². The van der Waals surface area contributed by atoms with E-state index in [9.17, 15) is 13.2 Å². The lowest BCUT2D eigenvalue weighted by atomic mass is 10.1. The maximum atomic E-state index is 12.5. The molecular formula is C20H26N2O4S. The van der Waals surface area contributed by atoms with Crippen molar-refractivity contribution in [2.45, 2.75) is 26.8 Å². The number of ether oxygens (including phenoxy) is 1. The Balaban J connectivity index is 2.07. The molecule has 146 valence electrons. The molecule has 2 aromatic carbocycles. The molecule has 0 saturated heterocycles. The molecule has 0 aromatic heterocycles. The summed E-state index contributed by atoms with van der Waals surface area (Å²) in [6.45, 7) is 6.54. The normalized spacial score (nSPS) is 12.3. The van der Waals surface area contributed by atoms with Crippen molar-refractivity contribution in [3.63, 3.8) is 0 Å². The third-order valence-corrected chi connectivity index (χ3v) is 5.41. The number of carbonyl (C=O) groups is 1. The largest absolute Gasteiger partial charge is 0.494 e. The standard InChI is InChI=1S/C20H26N2O4S/c1-5-22(27(4,24)25)18-11-7-17(8-12-18)20(23)21-15(3)16-9-13-19(14-10-16)26-6-2/h7-15H,5-6H2,1-4H3,(H,21,23)/t15-/m0/s1. The Morgan fingerprint density at radius 3 is 2.15 bits per heavy atom. The van der Waals surface area contributed by atoms with Gasteiger partial charge in [0.2, 0.25) is 10.0 Å². The summed E-state index contributed by atoms with van der Waals surface area (Å²) in [5.41, 5.74) is 1.98. The highest BCUT2D eigenvalue weighted by Gasteiger charge is 2.16. The second kappa shape index (κ2) is 8.90. The predicted octanol–water partition coefficient (Wildman–Crippen LogP) is 3.36. The van der Waals surface area contributed by atoms with Crippen molar-refractivity contribution >= 4 is 21.6 Å². The summed E-state index contributed by atoms with van der Waals surface area (Å²) in [6.07, 6.45) is 1.16. The molecule has 7 heteroatoms. The van der Waals surface area contributed by atoms with E-state index in [0.717, 1.165) is 17.6 Å². The Hall–Kier alpha value is -2.54. The summed E-state index contributed by atoms with van der Waals surface area (Å²) in [6, 6.07) is 14.0. The van der Waals surface area contributed by atoms with Crippen LogP contribution in [0.15, 0.2) is 48.5 Å². The Labute approximate surface area is 161 Å². The van der Waals surface area contributed by atoms with Gasteiger partial charge in [0.15, 0.2) is 0 Å². The van der Waals surface area contributed by atoms with Gasteiger partial charge >= 0.3 is 0 Å². The number of sulfonamides is 1. The smallest absolute Gasteiger partial charge is 0.251 e. The van der Waals surface area contributed by atoms with E-state index < -0.39 is 10.0 Å². The van der Waals surface area contributed by atoms with E-state index in [1.807, 2.05) is 38.1 Å². The van der Waals surface area contributed by atoms with Crippen molar-refractivity contribution in [2.24, 2.45) is 0 Å². The van der Waals surface area contributed by atoms with Crippen molar-refractivity contribution in [3.05, 3.63) is 59.7 Å². The highest BCUT2D eigenvalue weighted by Crippen LogP contribution is 2.20. The fourth-order valence-corrected chi connectivity index (χ4v) is 3.74. The zero-order valence-electron chi connectivity index (χ0n) is 16.1. The molecule has 1 N–H and O–H groups in total. The average Bonchev–Trinajstić information content (AvgIpc) is 2.62. The number of hydrogen-bond donors (Lipinski definition) is 1. The van der Waals surface area contributed by atoms with Gasteiger partial charge in [-0.2, -0.15) is 0 Å². The van der Waals surface area contributed by atoms with Crippen LogP contribution in [0.25, 0.3) is 0 Å². The Bertz CT molecular complexity index is 862. The number of anilines is 1. The predicted molar refractivity (Wildman–Crippen MR) is 108 cm³/mol. The number of nitrogens with zero attached hydrogens (tertiary/aromatic N) is 1. The van der Waals surface area contributed by atoms with Crippen LogP contribution in [0.3, 0.4) is 0 Å². The maximum absolute atomic E-state index is 12.5. The maximum Gasteiger partial charge on any atom is 0.251 e. The van der Waals surface area contributed by atoms with E-state index in [4.69, 9.17) is 4.74 Å². The van der Waals surface area contributed by atoms with Crippen molar-refractivity contribution in [2.75, 3.05) is 23.7 Å². The van der Waals surface area contributed by atoms with Gasteiger partial charge < -0.3 is 10.1 Å². The van der Waals surface area contributed by atoms with Crippen molar-refractivity contribution in [1.29, 1.82) is 0 Å². The van der Waals surface area contributed by atoms with Crippen molar-refractivity contribution < 1.29 is 17.9 Å². The fraction of sp³-hybridized carbons (Fsp3) is 0.350. The van der Waals surface area contributed by atoms with Crippen LogP contribution in [0, 0.1) is 0 Å². The first-order valence-corrected chi connectivity index (χ1v) is 10.7. The second-order valence-electron chi connectivity index (χ2n) is 6.17. The van der Waals surface area contributed by atoms with Crippen LogP contribution in [0.4, 0.5) is 5.69 Å². The van der Waals surface area contributed by atoms with Crippen molar-refractivity contribution in [1.82, 2.24) is 5.32 Å². The minimum Gasteiger partial charge on any atom is -0.494 e. The van der Waals surface area contributed by atoms with Crippen LogP contribution in [0.1, 0.15) is 42.7 Å². The first-order chi connectivity index (χ1) is 12.8. The van der Waals surface area contributed by atoms with E-state index in [2.05, 4.69) is 5.32 Å². The molecule has 6 nitrogen and oxygen atoms in total. The van der Waals surface area contributed by atoms with Gasteiger partial charge in [-0.3, -0.25) is 9.10 Å². The molecule has 0 unspecified atom stereocenters. The molecule has 0 fully saturated rings. The highest BCUT2D eigenvalue weighted by atomic mass is 32.2. The third-order valence-electron chi connectivity index (χ3n) is 4.14. The van der Waals surface area contributed by atoms with E-state index in [0.29, 0.717) is 24.4 Å². The molecule has 0 radical (unpaired) electrons. The van der Waals surface area contributed by atoms with E-state index >= 15 is 0 Å². The SMILES string of the molecule is CCOc1ccc([C@H](C)NC(=O)c2ccc(N(CC)S(C)(=O)=O)cc2)cc1. The number of hydrogen-bond acceptors (Lipinski definition) is 4. The molecule has 2 aromatic rings. The second-order valence-corrected chi connectivity index (χ2v) is 8.08. The highest BCUT2D eigenvalue weighted by molar-refractivity contribution is 7.92. The van der Waals surface area contributed by atoms with Gasteiger partial charge in [0.1, 0.15) is 5.75 Å². The topological polar surface area (TPSA) is 75.7 Å². The summed E-state index contributed by atoms with van der Waals surface area (Å²) >= 11 is 0. The number of amides is 1. The summed E-state index contributed by atoms with van der Waals surface area (Å²) in [5.74, 6) is 0.576. The molecule has 0 heterocycles. The van der Waals surface area contributed by atoms with Gasteiger partial charge in [-0.1, -0.05) is 12.1 Å². The van der Waals surface area contributed by atoms with Crippen LogP contribution in [-0.4, -0.2) is 33.7 Å². The molecule has 0 bridgehead atoms. The summed E-state index contributed by atoms with van der Waals surface area (Å²) in [4.78, 5) is 12.5. The zero-order chi connectivity index (χ0) is 20.0. The average molecular weight is 391 g/mol. The van der Waals surface area contributed by atoms with Gasteiger partial charge in [-0.15, -0.1) is 0 Å². The Kier molecular flexibility index (Phi) is 6.85. The zero-order valence-corrected chi connectivity index (χ0v) is 16.9. The first-order valence-electron chi connectivity index (χ1n) is 8.87. The fourth-order valence-electron chi connectivity index (χ4n) is 2.77. The molecule has 1 atom stereocenters. The molecule has 0 spiro atoms. The van der Waals surface area contributed by atoms with Crippen LogP contribution in [0.2, 0.25) is 0 Å². The number of nitrogens with one attached hydrogen (secondary N) is 1. The molecule has 0 aliphatic carbocycles. The van der Waals surface area contributed by atoms with E-state index in [-0.39, 0.29) is 11.9 Å². The first kappa shape index (κ1) is 20.8. The molecule has 2 rings (SSSR count). The van der Waals surface area contributed by atoms with Crippen LogP contribution in [-0.2, 0) is 10.0 Å². The lowest BCUT2D eigenvalue weighted by molar-refractivity contribution is 0.0940. The third kappa shape index (κ3) is 5.47. The van der Waals surface area contributed by atoms with Crippen LogP contribution >= 0.6 is 0 Å². The summed E-state index contributed by atoms with van der Waals surface area (Å²) < 4.78 is 30.3. The number of benzene rings is 2. The Morgan fingerprint density at radius 2 is 1.67 bits per heavy atom. The van der Waals surface area contributed by atoms with Gasteiger partial charge in [0, 0.05) is 12.1 Å². The number of rotatable bonds is 8. The van der Waals surface area contributed by atoms with Gasteiger partial charge in [-0.05, 0) is 62.7 Å². The summed E-state index contributed by atoms with van der Waals surface area (Å²) in [7, 11) is -3.34. The van der Waals surface area contributed by atoms with E-state index in [1.165, 1.54) is 4.31 Å². The van der Waals surface area contributed by atoms with E-state index in [1.54, 1.807) is 31.2 Å². The molecule has 0 saturated carbocycles.